The molecule has 0 unspecified atom stereocenters. The minimum Gasteiger partial charge on any atom is -0.379 e. The van der Waals surface area contributed by atoms with E-state index in [1.54, 1.807) is 0 Å². The lowest BCUT2D eigenvalue weighted by Gasteiger charge is -2.26. The molecule has 0 aliphatic carbocycles. The van der Waals surface area contributed by atoms with Gasteiger partial charge >= 0.3 is 0 Å². The van der Waals surface area contributed by atoms with E-state index in [2.05, 4.69) is 11.8 Å². The first-order chi connectivity index (χ1) is 5.43. The Morgan fingerprint density at radius 2 is 2.09 bits per heavy atom. The van der Waals surface area contributed by atoms with Crippen molar-refractivity contribution in [3.8, 4) is 0 Å². The van der Waals surface area contributed by atoms with Crippen LogP contribution >= 0.6 is 11.8 Å². The summed E-state index contributed by atoms with van der Waals surface area (Å²) in [5.41, 5.74) is 0. The van der Waals surface area contributed by atoms with Gasteiger partial charge in [-0.15, -0.1) is 0 Å². The maximum Gasteiger partial charge on any atom is 0.0594 e. The Morgan fingerprint density at radius 1 is 1.36 bits per heavy atom. The average molecular weight is 174 g/mol. The monoisotopic (exact) mass is 174 g/mol. The van der Waals surface area contributed by atoms with Gasteiger partial charge < -0.3 is 4.74 Å². The molecule has 0 amide bonds. The van der Waals surface area contributed by atoms with Gasteiger partial charge in [0.05, 0.1) is 13.2 Å². The van der Waals surface area contributed by atoms with Crippen molar-refractivity contribution in [1.29, 1.82) is 0 Å². The Labute approximate surface area is 73.3 Å². The van der Waals surface area contributed by atoms with Gasteiger partial charge in [0.1, 0.15) is 0 Å². The fraction of sp³-hybridized carbons (Fsp3) is 0.875. The summed E-state index contributed by atoms with van der Waals surface area (Å²) in [4.78, 5) is 2.45. The van der Waals surface area contributed by atoms with Gasteiger partial charge in [-0.25, -0.2) is 0 Å². The van der Waals surface area contributed by atoms with E-state index >= 15 is 0 Å². The Bertz CT molecular complexity index is 94.1. The van der Waals surface area contributed by atoms with Crippen molar-refractivity contribution in [3.63, 3.8) is 0 Å². The summed E-state index contributed by atoms with van der Waals surface area (Å²) in [6.45, 7) is 9.03. The summed E-state index contributed by atoms with van der Waals surface area (Å²) < 4.78 is 5.25. The molecule has 0 aromatic carbocycles. The van der Waals surface area contributed by atoms with Crippen molar-refractivity contribution < 1.29 is 4.74 Å². The second-order valence-corrected chi connectivity index (χ2v) is 3.79. The fourth-order valence-electron chi connectivity index (χ4n) is 1.12. The van der Waals surface area contributed by atoms with Crippen LogP contribution in [-0.2, 0) is 4.74 Å². The van der Waals surface area contributed by atoms with Gasteiger partial charge in [-0.3, -0.25) is 4.90 Å². The summed E-state index contributed by atoms with van der Waals surface area (Å²) in [6, 6.07) is 0. The minimum atomic E-state index is 0.912. The maximum atomic E-state index is 5.25. The van der Waals surface area contributed by atoms with Gasteiger partial charge in [0, 0.05) is 25.4 Å². The summed E-state index contributed by atoms with van der Waals surface area (Å²) in [6.07, 6.45) is 0. The quantitative estimate of drug-likeness (QED) is 0.587. The molecule has 1 rings (SSSR count). The SMILES string of the molecule is [CH2]CSCCN1CCOCC1. The molecule has 0 atom stereocenters. The lowest BCUT2D eigenvalue weighted by molar-refractivity contribution is 0.0410. The molecule has 1 fully saturated rings. The first kappa shape index (κ1) is 9.36. The van der Waals surface area contributed by atoms with Gasteiger partial charge in [-0.1, -0.05) is 0 Å². The van der Waals surface area contributed by atoms with Crippen molar-refractivity contribution in [3.05, 3.63) is 6.92 Å². The van der Waals surface area contributed by atoms with Gasteiger partial charge in [-0.05, 0) is 12.7 Å². The number of ether oxygens (including phenoxy) is 1. The predicted molar refractivity (Wildman–Crippen MR) is 49.9 cm³/mol. The zero-order valence-corrected chi connectivity index (χ0v) is 7.74. The van der Waals surface area contributed by atoms with E-state index in [1.165, 1.54) is 12.3 Å². The molecular formula is C8H16NOS. The van der Waals surface area contributed by atoms with Crippen LogP contribution in [0.4, 0.5) is 0 Å². The molecule has 0 saturated carbocycles. The number of nitrogens with zero attached hydrogens (tertiary/aromatic N) is 1. The smallest absolute Gasteiger partial charge is 0.0594 e. The third kappa shape index (κ3) is 3.99. The molecule has 0 bridgehead atoms. The Kier molecular flexibility index (Phi) is 4.99. The summed E-state index contributed by atoms with van der Waals surface area (Å²) in [5, 5.41) is 0. The Balaban J connectivity index is 1.96. The number of thioether (sulfide) groups is 1. The highest BCUT2D eigenvalue weighted by molar-refractivity contribution is 7.99. The molecule has 1 heterocycles. The van der Waals surface area contributed by atoms with Crippen molar-refractivity contribution in [2.24, 2.45) is 0 Å². The van der Waals surface area contributed by atoms with E-state index in [0.29, 0.717) is 0 Å². The molecule has 1 aliphatic rings. The van der Waals surface area contributed by atoms with Crippen LogP contribution in [0.1, 0.15) is 0 Å². The second-order valence-electron chi connectivity index (χ2n) is 2.57. The first-order valence-corrected chi connectivity index (χ1v) is 5.26. The van der Waals surface area contributed by atoms with Crippen molar-refractivity contribution in [1.82, 2.24) is 4.90 Å². The van der Waals surface area contributed by atoms with Gasteiger partial charge in [0.15, 0.2) is 0 Å². The largest absolute Gasteiger partial charge is 0.379 e. The molecule has 3 heteroatoms. The van der Waals surface area contributed by atoms with Gasteiger partial charge in [0.25, 0.3) is 0 Å². The Hall–Kier alpha value is 0.270. The van der Waals surface area contributed by atoms with Crippen LogP contribution in [0.3, 0.4) is 0 Å². The van der Waals surface area contributed by atoms with Crippen LogP contribution in [0.5, 0.6) is 0 Å². The molecular weight excluding hydrogens is 158 g/mol. The number of hydrogen-bond acceptors (Lipinski definition) is 3. The van der Waals surface area contributed by atoms with Crippen LogP contribution in [0.2, 0.25) is 0 Å². The molecule has 2 nitrogen and oxygen atoms in total. The fourth-order valence-corrected chi connectivity index (χ4v) is 1.71. The molecule has 1 saturated heterocycles. The number of morpholine rings is 1. The molecule has 65 valence electrons. The minimum absolute atomic E-state index is 0.912. The maximum absolute atomic E-state index is 5.25. The topological polar surface area (TPSA) is 12.5 Å². The molecule has 1 aliphatic heterocycles. The molecule has 11 heavy (non-hydrogen) atoms. The third-order valence-electron chi connectivity index (χ3n) is 1.80. The van der Waals surface area contributed by atoms with E-state index < -0.39 is 0 Å². The van der Waals surface area contributed by atoms with Crippen molar-refractivity contribution >= 4 is 11.8 Å². The summed E-state index contributed by atoms with van der Waals surface area (Å²) >= 11 is 1.91. The summed E-state index contributed by atoms with van der Waals surface area (Å²) in [7, 11) is 0. The standard InChI is InChI=1S/C8H16NOS/c1-2-11-8-5-9-3-6-10-7-4-9/h1-8H2. The molecule has 0 spiro atoms. The van der Waals surface area contributed by atoms with Crippen LogP contribution in [0, 0.1) is 6.92 Å². The molecule has 0 aromatic rings. The van der Waals surface area contributed by atoms with Crippen LogP contribution < -0.4 is 0 Å². The van der Waals surface area contributed by atoms with Crippen LogP contribution in [-0.4, -0.2) is 49.3 Å². The van der Waals surface area contributed by atoms with Crippen LogP contribution in [0.15, 0.2) is 0 Å². The molecule has 1 radical (unpaired) electrons. The lowest BCUT2D eigenvalue weighted by atomic mass is 10.4. The van der Waals surface area contributed by atoms with Gasteiger partial charge in [0.2, 0.25) is 0 Å². The third-order valence-corrected chi connectivity index (χ3v) is 2.56. The van der Waals surface area contributed by atoms with E-state index in [0.717, 1.165) is 32.1 Å². The number of hydrogen-bond donors (Lipinski definition) is 0. The van der Waals surface area contributed by atoms with E-state index in [-0.39, 0.29) is 0 Å². The normalized spacial score (nSPS) is 20.5. The highest BCUT2D eigenvalue weighted by Crippen LogP contribution is 2.01. The van der Waals surface area contributed by atoms with Gasteiger partial charge in [-0.2, -0.15) is 11.8 Å². The highest BCUT2D eigenvalue weighted by atomic mass is 32.2. The highest BCUT2D eigenvalue weighted by Gasteiger charge is 2.08. The predicted octanol–water partition coefficient (Wildman–Crippen LogP) is 0.886. The lowest BCUT2D eigenvalue weighted by Crippen LogP contribution is -2.37. The van der Waals surface area contributed by atoms with Crippen molar-refractivity contribution in [2.45, 2.75) is 0 Å². The summed E-state index contributed by atoms with van der Waals surface area (Å²) in [5.74, 6) is 2.20. The molecule has 0 aromatic heterocycles. The van der Waals surface area contributed by atoms with Crippen molar-refractivity contribution in [2.75, 3.05) is 44.4 Å². The Morgan fingerprint density at radius 3 is 2.73 bits per heavy atom. The van der Waals surface area contributed by atoms with E-state index in [1.807, 2.05) is 11.8 Å². The van der Waals surface area contributed by atoms with E-state index in [4.69, 9.17) is 4.74 Å². The van der Waals surface area contributed by atoms with E-state index in [9.17, 15) is 0 Å². The van der Waals surface area contributed by atoms with Crippen LogP contribution in [0.25, 0.3) is 0 Å². The number of rotatable bonds is 4. The zero-order valence-electron chi connectivity index (χ0n) is 6.92. The zero-order chi connectivity index (χ0) is 7.94. The molecule has 0 N–H and O–H groups in total. The first-order valence-electron chi connectivity index (χ1n) is 4.10. The second kappa shape index (κ2) is 5.86. The average Bonchev–Trinajstić information content (AvgIpc) is 2.07.